The van der Waals surface area contributed by atoms with Crippen molar-refractivity contribution < 1.29 is 5.11 Å². The first-order chi connectivity index (χ1) is 9.79. The topological polar surface area (TPSA) is 36.4 Å². The lowest BCUT2D eigenvalue weighted by Gasteiger charge is -2.31. The van der Waals surface area contributed by atoms with Gasteiger partial charge in [-0.3, -0.25) is 4.90 Å². The number of piperidine rings is 1. The van der Waals surface area contributed by atoms with Gasteiger partial charge in [0.15, 0.2) is 0 Å². The summed E-state index contributed by atoms with van der Waals surface area (Å²) in [5, 5.41) is 13.2. The number of nitrogens with zero attached hydrogens (tertiary/aromatic N) is 2. The van der Waals surface area contributed by atoms with Crippen LogP contribution in [0.1, 0.15) is 17.8 Å². The van der Waals surface area contributed by atoms with Gasteiger partial charge in [0.25, 0.3) is 0 Å². The molecule has 3 rings (SSSR count). The SMILES string of the molecule is Oc1ccc(SC2CCN(Cc3nccs3)CC2)cc1. The van der Waals surface area contributed by atoms with Gasteiger partial charge in [-0.25, -0.2) is 4.98 Å². The Kier molecular flexibility index (Phi) is 4.60. The molecular formula is C15H18N2OS2. The fraction of sp³-hybridized carbons (Fsp3) is 0.400. The van der Waals surface area contributed by atoms with E-state index in [1.54, 1.807) is 23.5 Å². The molecule has 0 unspecified atom stereocenters. The lowest BCUT2D eigenvalue weighted by atomic mass is 10.1. The highest BCUT2D eigenvalue weighted by atomic mass is 32.2. The van der Waals surface area contributed by atoms with Crippen LogP contribution in [0.15, 0.2) is 40.7 Å². The van der Waals surface area contributed by atoms with Gasteiger partial charge in [0.2, 0.25) is 0 Å². The van der Waals surface area contributed by atoms with Gasteiger partial charge < -0.3 is 5.11 Å². The van der Waals surface area contributed by atoms with Crippen LogP contribution < -0.4 is 0 Å². The van der Waals surface area contributed by atoms with Gasteiger partial charge in [0.05, 0.1) is 6.54 Å². The minimum atomic E-state index is 0.340. The molecule has 1 aliphatic heterocycles. The zero-order valence-electron chi connectivity index (χ0n) is 11.2. The molecule has 0 bridgehead atoms. The number of thiazole rings is 1. The molecule has 1 fully saturated rings. The van der Waals surface area contributed by atoms with Crippen LogP contribution in [0, 0.1) is 0 Å². The summed E-state index contributed by atoms with van der Waals surface area (Å²) in [6.07, 6.45) is 4.32. The predicted octanol–water partition coefficient (Wildman–Crippen LogP) is 3.61. The van der Waals surface area contributed by atoms with Gasteiger partial charge in [-0.1, -0.05) is 0 Å². The molecule has 1 aromatic heterocycles. The smallest absolute Gasteiger partial charge is 0.115 e. The number of aromatic hydroxyl groups is 1. The summed E-state index contributed by atoms with van der Waals surface area (Å²) in [5.74, 6) is 0.340. The second-order valence-corrected chi connectivity index (χ2v) is 7.37. The Morgan fingerprint density at radius 2 is 2.00 bits per heavy atom. The van der Waals surface area contributed by atoms with E-state index < -0.39 is 0 Å². The highest BCUT2D eigenvalue weighted by Crippen LogP contribution is 2.31. The minimum absolute atomic E-state index is 0.340. The monoisotopic (exact) mass is 306 g/mol. The van der Waals surface area contributed by atoms with Crippen molar-refractivity contribution in [3.63, 3.8) is 0 Å². The fourth-order valence-electron chi connectivity index (χ4n) is 2.42. The second-order valence-electron chi connectivity index (χ2n) is 5.01. The molecule has 2 aromatic rings. The number of thioether (sulfide) groups is 1. The van der Waals surface area contributed by atoms with Gasteiger partial charge >= 0.3 is 0 Å². The molecule has 0 spiro atoms. The molecule has 1 saturated heterocycles. The summed E-state index contributed by atoms with van der Waals surface area (Å²) in [7, 11) is 0. The van der Waals surface area contributed by atoms with E-state index in [2.05, 4.69) is 9.88 Å². The van der Waals surface area contributed by atoms with E-state index in [1.165, 1.54) is 22.7 Å². The summed E-state index contributed by atoms with van der Waals surface area (Å²) in [4.78, 5) is 8.10. The molecule has 0 saturated carbocycles. The lowest BCUT2D eigenvalue weighted by Crippen LogP contribution is -2.34. The molecule has 0 atom stereocenters. The molecule has 2 heterocycles. The maximum absolute atomic E-state index is 9.30. The molecule has 0 aliphatic carbocycles. The highest BCUT2D eigenvalue weighted by Gasteiger charge is 2.20. The van der Waals surface area contributed by atoms with E-state index in [0.717, 1.165) is 19.6 Å². The zero-order chi connectivity index (χ0) is 13.8. The van der Waals surface area contributed by atoms with Crippen molar-refractivity contribution in [3.8, 4) is 5.75 Å². The van der Waals surface area contributed by atoms with Crippen molar-refractivity contribution >= 4 is 23.1 Å². The van der Waals surface area contributed by atoms with E-state index in [1.807, 2.05) is 35.5 Å². The average Bonchev–Trinajstić information content (AvgIpc) is 2.96. The molecule has 106 valence electrons. The molecule has 20 heavy (non-hydrogen) atoms. The Labute approximate surface area is 127 Å². The molecule has 3 nitrogen and oxygen atoms in total. The molecule has 0 amide bonds. The maximum Gasteiger partial charge on any atom is 0.115 e. The third kappa shape index (κ3) is 3.75. The van der Waals surface area contributed by atoms with Gasteiger partial charge in [-0.2, -0.15) is 0 Å². The average molecular weight is 306 g/mol. The summed E-state index contributed by atoms with van der Waals surface area (Å²) in [5.41, 5.74) is 0. The van der Waals surface area contributed by atoms with E-state index in [4.69, 9.17) is 0 Å². The minimum Gasteiger partial charge on any atom is -0.508 e. The van der Waals surface area contributed by atoms with Gasteiger partial charge in [0.1, 0.15) is 10.8 Å². The van der Waals surface area contributed by atoms with Crippen molar-refractivity contribution in [3.05, 3.63) is 40.8 Å². The predicted molar refractivity (Wildman–Crippen MR) is 84.4 cm³/mol. The van der Waals surface area contributed by atoms with Crippen molar-refractivity contribution in [1.82, 2.24) is 9.88 Å². The second kappa shape index (κ2) is 6.61. The Morgan fingerprint density at radius 3 is 2.65 bits per heavy atom. The number of hydrogen-bond acceptors (Lipinski definition) is 5. The third-order valence-electron chi connectivity index (χ3n) is 3.52. The van der Waals surface area contributed by atoms with Crippen molar-refractivity contribution in [2.24, 2.45) is 0 Å². The van der Waals surface area contributed by atoms with Crippen molar-refractivity contribution in [2.45, 2.75) is 29.5 Å². The van der Waals surface area contributed by atoms with Crippen LogP contribution in [-0.2, 0) is 6.54 Å². The van der Waals surface area contributed by atoms with Crippen LogP contribution >= 0.6 is 23.1 Å². The zero-order valence-corrected chi connectivity index (χ0v) is 12.9. The van der Waals surface area contributed by atoms with Crippen LogP contribution in [0.5, 0.6) is 5.75 Å². The van der Waals surface area contributed by atoms with Crippen molar-refractivity contribution in [1.29, 1.82) is 0 Å². The number of likely N-dealkylation sites (tertiary alicyclic amines) is 1. The van der Waals surface area contributed by atoms with Crippen LogP contribution in [-0.4, -0.2) is 33.3 Å². The van der Waals surface area contributed by atoms with E-state index in [9.17, 15) is 5.11 Å². The first-order valence-corrected chi connectivity index (χ1v) is 8.62. The van der Waals surface area contributed by atoms with E-state index in [0.29, 0.717) is 11.0 Å². The molecular weight excluding hydrogens is 288 g/mol. The first kappa shape index (κ1) is 13.9. The third-order valence-corrected chi connectivity index (χ3v) is 5.63. The number of benzene rings is 1. The summed E-state index contributed by atoms with van der Waals surface area (Å²) < 4.78 is 0. The largest absolute Gasteiger partial charge is 0.508 e. The first-order valence-electron chi connectivity index (χ1n) is 6.86. The lowest BCUT2D eigenvalue weighted by molar-refractivity contribution is 0.224. The van der Waals surface area contributed by atoms with Gasteiger partial charge in [-0.15, -0.1) is 23.1 Å². The molecule has 5 heteroatoms. The standard InChI is InChI=1S/C15H18N2OS2/c18-12-1-3-13(4-2-12)20-14-5-8-17(9-6-14)11-15-16-7-10-19-15/h1-4,7,10,14,18H,5-6,8-9,11H2. The summed E-state index contributed by atoms with van der Waals surface area (Å²) in [6, 6.07) is 7.53. The number of rotatable bonds is 4. The number of phenolic OH excluding ortho intramolecular Hbond substituents is 1. The van der Waals surface area contributed by atoms with Crippen LogP contribution in [0.25, 0.3) is 0 Å². The Hall–Kier alpha value is -1.04. The number of hydrogen-bond donors (Lipinski definition) is 1. The maximum atomic E-state index is 9.30. The van der Waals surface area contributed by atoms with Gasteiger partial charge in [-0.05, 0) is 50.2 Å². The summed E-state index contributed by atoms with van der Waals surface area (Å²) >= 11 is 3.67. The molecule has 1 aliphatic rings. The van der Waals surface area contributed by atoms with E-state index >= 15 is 0 Å². The summed E-state index contributed by atoms with van der Waals surface area (Å²) in [6.45, 7) is 3.29. The van der Waals surface area contributed by atoms with Crippen LogP contribution in [0.4, 0.5) is 0 Å². The molecule has 0 radical (unpaired) electrons. The van der Waals surface area contributed by atoms with Crippen LogP contribution in [0.3, 0.4) is 0 Å². The quantitative estimate of drug-likeness (QED) is 0.936. The highest BCUT2D eigenvalue weighted by molar-refractivity contribution is 8.00. The number of aromatic nitrogens is 1. The van der Waals surface area contributed by atoms with E-state index in [-0.39, 0.29) is 0 Å². The Morgan fingerprint density at radius 1 is 1.25 bits per heavy atom. The normalized spacial score (nSPS) is 17.4. The molecule has 1 N–H and O–H groups in total. The fourth-order valence-corrected chi connectivity index (χ4v) is 4.21. The van der Waals surface area contributed by atoms with Crippen molar-refractivity contribution in [2.75, 3.05) is 13.1 Å². The Balaban J connectivity index is 1.47. The number of phenols is 1. The van der Waals surface area contributed by atoms with Gasteiger partial charge in [0, 0.05) is 21.7 Å². The van der Waals surface area contributed by atoms with Crippen LogP contribution in [0.2, 0.25) is 0 Å². The molecule has 1 aromatic carbocycles. The Bertz CT molecular complexity index is 519.